The minimum Gasteiger partial charge on any atom is -0.399 e. The lowest BCUT2D eigenvalue weighted by atomic mass is 9.99. The van der Waals surface area contributed by atoms with Crippen LogP contribution in [0, 0.1) is 6.92 Å². The number of fused-ring (bicyclic) bond motifs is 3. The van der Waals surface area contributed by atoms with Gasteiger partial charge in [-0.1, -0.05) is 6.07 Å². The average molecular weight is 325 g/mol. The van der Waals surface area contributed by atoms with Gasteiger partial charge in [0.25, 0.3) is 5.56 Å². The number of aryl methyl sites for hydroxylation is 1. The summed E-state index contributed by atoms with van der Waals surface area (Å²) in [5, 5.41) is 0. The molecule has 2 aliphatic rings. The van der Waals surface area contributed by atoms with Crippen LogP contribution in [0.3, 0.4) is 0 Å². The number of anilines is 2. The Hall–Kier alpha value is -2.27. The minimum atomic E-state index is 0.0629. The van der Waals surface area contributed by atoms with Gasteiger partial charge in [-0.05, 0) is 54.7 Å². The maximum atomic E-state index is 12.7. The topological polar surface area (TPSA) is 60.5 Å². The summed E-state index contributed by atoms with van der Waals surface area (Å²) in [7, 11) is 0. The number of rotatable bonds is 1. The zero-order valence-electron chi connectivity index (χ0n) is 14.0. The second kappa shape index (κ2) is 5.98. The van der Waals surface area contributed by atoms with Gasteiger partial charge in [0, 0.05) is 37.5 Å². The van der Waals surface area contributed by atoms with Crippen molar-refractivity contribution in [2.75, 3.05) is 30.4 Å². The first-order valence-electron chi connectivity index (χ1n) is 8.59. The summed E-state index contributed by atoms with van der Waals surface area (Å²) in [5.74, 6) is 1.01. The molecule has 0 spiro atoms. The molecule has 4 rings (SSSR count). The predicted octanol–water partition coefficient (Wildman–Crippen LogP) is 2.40. The van der Waals surface area contributed by atoms with Gasteiger partial charge in [-0.3, -0.25) is 9.36 Å². The van der Waals surface area contributed by atoms with E-state index < -0.39 is 0 Å². The summed E-state index contributed by atoms with van der Waals surface area (Å²) in [6.45, 7) is 5.19. The molecular weight excluding hydrogens is 302 g/mol. The normalized spacial score (nSPS) is 20.2. The van der Waals surface area contributed by atoms with E-state index >= 15 is 0 Å². The Morgan fingerprint density at radius 1 is 1.12 bits per heavy atom. The molecule has 2 N–H and O–H groups in total. The Balaban J connectivity index is 1.85. The largest absolute Gasteiger partial charge is 0.399 e. The number of hydrogen-bond donors (Lipinski definition) is 1. The molecule has 0 bridgehead atoms. The highest BCUT2D eigenvalue weighted by Gasteiger charge is 2.28. The van der Waals surface area contributed by atoms with E-state index in [0.717, 1.165) is 60.7 Å². The molecule has 24 heavy (non-hydrogen) atoms. The van der Waals surface area contributed by atoms with Crippen molar-refractivity contribution in [1.29, 1.82) is 0 Å². The van der Waals surface area contributed by atoms with Crippen molar-refractivity contribution in [3.63, 3.8) is 0 Å². The second-order valence-electron chi connectivity index (χ2n) is 6.70. The minimum absolute atomic E-state index is 0.0629. The Bertz CT molecular complexity index is 828. The first kappa shape index (κ1) is 15.3. The van der Waals surface area contributed by atoms with E-state index in [4.69, 9.17) is 10.5 Å². The molecule has 1 aromatic heterocycles. The molecule has 0 aliphatic carbocycles. The van der Waals surface area contributed by atoms with Crippen LogP contribution in [0.2, 0.25) is 0 Å². The summed E-state index contributed by atoms with van der Waals surface area (Å²) in [4.78, 5) is 15.0. The van der Waals surface area contributed by atoms with E-state index in [1.165, 1.54) is 0 Å². The molecule has 1 saturated heterocycles. The number of aromatic nitrogens is 1. The van der Waals surface area contributed by atoms with Crippen molar-refractivity contribution < 1.29 is 4.74 Å². The van der Waals surface area contributed by atoms with Crippen molar-refractivity contribution in [2.45, 2.75) is 32.4 Å². The van der Waals surface area contributed by atoms with Crippen LogP contribution < -0.4 is 16.2 Å². The highest BCUT2D eigenvalue weighted by Crippen LogP contribution is 2.32. The van der Waals surface area contributed by atoms with Crippen LogP contribution in [-0.4, -0.2) is 30.4 Å². The Morgan fingerprint density at radius 3 is 2.88 bits per heavy atom. The van der Waals surface area contributed by atoms with Crippen LogP contribution in [0.25, 0.3) is 11.1 Å². The van der Waals surface area contributed by atoms with E-state index in [1.807, 2.05) is 22.8 Å². The fourth-order valence-corrected chi connectivity index (χ4v) is 3.85. The Kier molecular flexibility index (Phi) is 3.81. The first-order chi connectivity index (χ1) is 11.6. The molecular formula is C19H23N3O2. The average Bonchev–Trinajstić information content (AvgIpc) is 2.82. The Morgan fingerprint density at radius 2 is 2.00 bits per heavy atom. The molecule has 0 saturated carbocycles. The van der Waals surface area contributed by atoms with Crippen LogP contribution in [0.5, 0.6) is 0 Å². The highest BCUT2D eigenvalue weighted by atomic mass is 16.5. The molecule has 2 aliphatic heterocycles. The fourth-order valence-electron chi connectivity index (χ4n) is 3.85. The molecule has 0 radical (unpaired) electrons. The first-order valence-corrected chi connectivity index (χ1v) is 8.59. The van der Waals surface area contributed by atoms with E-state index in [9.17, 15) is 4.79 Å². The van der Waals surface area contributed by atoms with Crippen molar-refractivity contribution >= 4 is 11.5 Å². The fraction of sp³-hybridized carbons (Fsp3) is 0.421. The molecule has 3 heterocycles. The molecule has 1 unspecified atom stereocenters. The summed E-state index contributed by atoms with van der Waals surface area (Å²) in [6.07, 6.45) is 2.03. The van der Waals surface area contributed by atoms with Crippen LogP contribution in [0.4, 0.5) is 11.5 Å². The lowest BCUT2D eigenvalue weighted by Gasteiger charge is -2.38. The van der Waals surface area contributed by atoms with Crippen LogP contribution in [0.1, 0.15) is 18.4 Å². The van der Waals surface area contributed by atoms with Gasteiger partial charge in [-0.25, -0.2) is 0 Å². The number of nitrogens with zero attached hydrogens (tertiary/aromatic N) is 2. The van der Waals surface area contributed by atoms with Crippen LogP contribution in [-0.2, 0) is 11.3 Å². The van der Waals surface area contributed by atoms with E-state index in [2.05, 4.69) is 17.9 Å². The zero-order chi connectivity index (χ0) is 16.7. The summed E-state index contributed by atoms with van der Waals surface area (Å²) in [6, 6.07) is 10.2. The standard InChI is InChI=1S/C19H23N3O2/c1-13-2-3-15(20)12-17(13)14-10-18-21-7-9-24-8-5-16(21)4-6-22(18)19(23)11-14/h2-3,10-12,16H,4-9,20H2,1H3. The van der Waals surface area contributed by atoms with Gasteiger partial charge >= 0.3 is 0 Å². The van der Waals surface area contributed by atoms with Gasteiger partial charge in [0.1, 0.15) is 5.82 Å². The number of benzene rings is 1. The molecule has 126 valence electrons. The van der Waals surface area contributed by atoms with Crippen LogP contribution in [0.15, 0.2) is 35.1 Å². The molecule has 1 aromatic carbocycles. The molecule has 1 atom stereocenters. The smallest absolute Gasteiger partial charge is 0.252 e. The lowest BCUT2D eigenvalue weighted by Crippen LogP contribution is -2.45. The Labute approximate surface area is 141 Å². The van der Waals surface area contributed by atoms with Crippen LogP contribution >= 0.6 is 0 Å². The maximum absolute atomic E-state index is 12.7. The van der Waals surface area contributed by atoms with Gasteiger partial charge in [-0.15, -0.1) is 0 Å². The zero-order valence-corrected chi connectivity index (χ0v) is 14.0. The SMILES string of the molecule is Cc1ccc(N)cc1-c1cc2n(c(=O)c1)CCC1CCOCCN21. The van der Waals surface area contributed by atoms with Gasteiger partial charge < -0.3 is 15.4 Å². The third kappa shape index (κ3) is 2.59. The quantitative estimate of drug-likeness (QED) is 0.818. The number of nitrogen functional groups attached to an aromatic ring is 1. The highest BCUT2D eigenvalue weighted by molar-refractivity contribution is 5.73. The molecule has 5 heteroatoms. The summed E-state index contributed by atoms with van der Waals surface area (Å²) in [5.41, 5.74) is 9.84. The summed E-state index contributed by atoms with van der Waals surface area (Å²) >= 11 is 0. The van der Waals surface area contributed by atoms with Crippen molar-refractivity contribution in [3.05, 3.63) is 46.2 Å². The van der Waals surface area contributed by atoms with E-state index in [1.54, 1.807) is 6.07 Å². The monoisotopic (exact) mass is 325 g/mol. The maximum Gasteiger partial charge on any atom is 0.252 e. The number of hydrogen-bond acceptors (Lipinski definition) is 4. The molecule has 5 nitrogen and oxygen atoms in total. The molecule has 0 amide bonds. The van der Waals surface area contributed by atoms with Gasteiger partial charge in [0.05, 0.1) is 6.61 Å². The van der Waals surface area contributed by atoms with Gasteiger partial charge in [0.2, 0.25) is 0 Å². The lowest BCUT2D eigenvalue weighted by molar-refractivity contribution is 0.150. The number of pyridine rings is 1. The van der Waals surface area contributed by atoms with Gasteiger partial charge in [-0.2, -0.15) is 0 Å². The van der Waals surface area contributed by atoms with Crippen molar-refractivity contribution in [1.82, 2.24) is 4.57 Å². The number of ether oxygens (including phenoxy) is 1. The number of nitrogens with two attached hydrogens (primary N) is 1. The molecule has 2 aromatic rings. The summed E-state index contributed by atoms with van der Waals surface area (Å²) < 4.78 is 7.53. The van der Waals surface area contributed by atoms with Crippen molar-refractivity contribution in [3.8, 4) is 11.1 Å². The van der Waals surface area contributed by atoms with Crippen molar-refractivity contribution in [2.24, 2.45) is 0 Å². The third-order valence-electron chi connectivity index (χ3n) is 5.17. The predicted molar refractivity (Wildman–Crippen MR) is 96.5 cm³/mol. The second-order valence-corrected chi connectivity index (χ2v) is 6.70. The van der Waals surface area contributed by atoms with E-state index in [-0.39, 0.29) is 5.56 Å². The van der Waals surface area contributed by atoms with Gasteiger partial charge in [0.15, 0.2) is 0 Å². The third-order valence-corrected chi connectivity index (χ3v) is 5.17. The molecule has 1 fully saturated rings. The van der Waals surface area contributed by atoms with E-state index in [0.29, 0.717) is 12.6 Å².